The zero-order chi connectivity index (χ0) is 20.2. The van der Waals surface area contributed by atoms with E-state index in [1.807, 2.05) is 42.3 Å². The Morgan fingerprint density at radius 3 is 2.59 bits per heavy atom. The molecular weight excluding hydrogens is 368 g/mol. The van der Waals surface area contributed by atoms with Gasteiger partial charge in [0.25, 0.3) is 5.91 Å². The predicted molar refractivity (Wildman–Crippen MR) is 110 cm³/mol. The molecule has 156 valence electrons. The minimum atomic E-state index is -0.322. The maximum absolute atomic E-state index is 13.1. The first-order chi connectivity index (χ1) is 14.1. The first kappa shape index (κ1) is 19.8. The number of ether oxygens (including phenoxy) is 1. The van der Waals surface area contributed by atoms with E-state index in [1.165, 1.54) is 6.42 Å². The third kappa shape index (κ3) is 4.56. The van der Waals surface area contributed by atoms with Gasteiger partial charge >= 0.3 is 6.09 Å². The normalized spacial score (nSPS) is 20.7. The highest BCUT2D eigenvalue weighted by molar-refractivity contribution is 5.96. The van der Waals surface area contributed by atoms with Crippen molar-refractivity contribution in [3.05, 3.63) is 47.2 Å². The van der Waals surface area contributed by atoms with Gasteiger partial charge in [-0.05, 0) is 18.4 Å². The number of piperidine rings is 1. The maximum Gasteiger partial charge on any atom is 0.411 e. The van der Waals surface area contributed by atoms with Gasteiger partial charge in [0.15, 0.2) is 0 Å². The van der Waals surface area contributed by atoms with Crippen LogP contribution in [0.5, 0.6) is 0 Å². The third-order valence-electron chi connectivity index (χ3n) is 6.00. The topological polar surface area (TPSA) is 56.3 Å². The summed E-state index contributed by atoms with van der Waals surface area (Å²) >= 11 is 0. The van der Waals surface area contributed by atoms with Crippen LogP contribution in [0.25, 0.3) is 0 Å². The lowest BCUT2D eigenvalue weighted by Gasteiger charge is -2.42. The molecule has 0 unspecified atom stereocenters. The molecule has 7 nitrogen and oxygen atoms in total. The van der Waals surface area contributed by atoms with Crippen LogP contribution >= 0.6 is 0 Å². The van der Waals surface area contributed by atoms with Crippen molar-refractivity contribution in [3.8, 4) is 0 Å². The largest absolute Gasteiger partial charge is 0.433 e. The van der Waals surface area contributed by atoms with Gasteiger partial charge in [0.1, 0.15) is 6.73 Å². The van der Waals surface area contributed by atoms with Crippen molar-refractivity contribution in [1.82, 2.24) is 19.6 Å². The van der Waals surface area contributed by atoms with E-state index in [0.29, 0.717) is 39.5 Å². The highest BCUT2D eigenvalue weighted by Crippen LogP contribution is 2.28. The van der Waals surface area contributed by atoms with Gasteiger partial charge in [-0.15, -0.1) is 0 Å². The molecule has 0 saturated carbocycles. The summed E-state index contributed by atoms with van der Waals surface area (Å²) in [6, 6.07) is 10.0. The van der Waals surface area contributed by atoms with Gasteiger partial charge in [0.2, 0.25) is 0 Å². The van der Waals surface area contributed by atoms with E-state index in [1.54, 1.807) is 4.90 Å². The number of hydrogen-bond acceptors (Lipinski definition) is 5. The Morgan fingerprint density at radius 2 is 1.83 bits per heavy atom. The summed E-state index contributed by atoms with van der Waals surface area (Å²) in [5, 5.41) is 0. The van der Waals surface area contributed by atoms with Gasteiger partial charge in [0.05, 0.1) is 18.8 Å². The van der Waals surface area contributed by atoms with Gasteiger partial charge in [-0.25, -0.2) is 4.79 Å². The van der Waals surface area contributed by atoms with Crippen molar-refractivity contribution < 1.29 is 14.3 Å². The lowest BCUT2D eigenvalue weighted by molar-refractivity contribution is -0.131. The van der Waals surface area contributed by atoms with E-state index < -0.39 is 0 Å². The minimum Gasteiger partial charge on any atom is -0.433 e. The zero-order valence-electron chi connectivity index (χ0n) is 17.2. The molecule has 4 rings (SSSR count). The quantitative estimate of drug-likeness (QED) is 0.780. The highest BCUT2D eigenvalue weighted by Gasteiger charge is 2.35. The second kappa shape index (κ2) is 8.86. The smallest absolute Gasteiger partial charge is 0.411 e. The zero-order valence-corrected chi connectivity index (χ0v) is 17.2. The molecule has 3 aliphatic rings. The molecule has 0 aromatic heterocycles. The SMILES string of the molecule is CN1CN(Cc2ccccc2)C(=O)C2=C1CCN(C(=O)OCN1CCCCC1)C2. The van der Waals surface area contributed by atoms with Crippen LogP contribution < -0.4 is 0 Å². The van der Waals surface area contributed by atoms with Crippen LogP contribution in [0.2, 0.25) is 0 Å². The van der Waals surface area contributed by atoms with Crippen molar-refractivity contribution in [2.75, 3.05) is 46.6 Å². The van der Waals surface area contributed by atoms with Gasteiger partial charge in [0, 0.05) is 45.3 Å². The van der Waals surface area contributed by atoms with Gasteiger partial charge in [-0.2, -0.15) is 0 Å². The van der Waals surface area contributed by atoms with Crippen LogP contribution in [0.3, 0.4) is 0 Å². The summed E-state index contributed by atoms with van der Waals surface area (Å²) in [6.07, 6.45) is 3.95. The van der Waals surface area contributed by atoms with Gasteiger partial charge < -0.3 is 19.4 Å². The number of amides is 2. The molecule has 7 heteroatoms. The van der Waals surface area contributed by atoms with Crippen LogP contribution in [-0.4, -0.2) is 78.2 Å². The average molecular weight is 399 g/mol. The molecule has 2 amide bonds. The van der Waals surface area contributed by atoms with Crippen LogP contribution in [0.15, 0.2) is 41.6 Å². The Labute approximate surface area is 172 Å². The standard InChI is InChI=1S/C22H30N4O3/c1-23-16-26(14-18-8-4-2-5-9-18)21(27)19-15-25(13-10-20(19)23)22(28)29-17-24-11-6-3-7-12-24/h2,4-5,8-9H,3,6-7,10-17H2,1H3. The Morgan fingerprint density at radius 1 is 1.07 bits per heavy atom. The summed E-state index contributed by atoms with van der Waals surface area (Å²) < 4.78 is 5.54. The van der Waals surface area contributed by atoms with Crippen LogP contribution in [0, 0.1) is 0 Å². The molecule has 0 aliphatic carbocycles. The summed E-state index contributed by atoms with van der Waals surface area (Å²) in [4.78, 5) is 33.6. The van der Waals surface area contributed by atoms with E-state index in [4.69, 9.17) is 4.74 Å². The van der Waals surface area contributed by atoms with Crippen molar-refractivity contribution >= 4 is 12.0 Å². The maximum atomic E-state index is 13.1. The molecule has 0 N–H and O–H groups in total. The second-order valence-electron chi connectivity index (χ2n) is 8.14. The fraction of sp³-hybridized carbons (Fsp3) is 0.545. The Kier molecular flexibility index (Phi) is 6.04. The van der Waals surface area contributed by atoms with Crippen molar-refractivity contribution in [1.29, 1.82) is 0 Å². The molecule has 29 heavy (non-hydrogen) atoms. The lowest BCUT2D eigenvalue weighted by atomic mass is 10.0. The Balaban J connectivity index is 1.38. The first-order valence-electron chi connectivity index (χ1n) is 10.5. The second-order valence-corrected chi connectivity index (χ2v) is 8.14. The number of likely N-dealkylation sites (tertiary alicyclic amines) is 1. The van der Waals surface area contributed by atoms with E-state index in [2.05, 4.69) is 9.80 Å². The molecule has 1 aromatic rings. The van der Waals surface area contributed by atoms with Gasteiger partial charge in [-0.3, -0.25) is 9.69 Å². The molecule has 0 radical (unpaired) electrons. The molecule has 3 aliphatic heterocycles. The molecule has 1 fully saturated rings. The van der Waals surface area contributed by atoms with Crippen molar-refractivity contribution in [3.63, 3.8) is 0 Å². The Hall–Kier alpha value is -2.54. The lowest BCUT2D eigenvalue weighted by Crippen LogP contribution is -2.51. The van der Waals surface area contributed by atoms with Crippen molar-refractivity contribution in [2.45, 2.75) is 32.2 Å². The van der Waals surface area contributed by atoms with E-state index >= 15 is 0 Å². The van der Waals surface area contributed by atoms with E-state index in [0.717, 1.165) is 42.8 Å². The summed E-state index contributed by atoms with van der Waals surface area (Å²) in [7, 11) is 2.02. The molecule has 0 spiro atoms. The molecule has 3 heterocycles. The number of carbonyl (C=O) groups excluding carboxylic acids is 2. The molecule has 0 atom stereocenters. The summed E-state index contributed by atoms with van der Waals surface area (Å²) in [5.74, 6) is 0.0236. The van der Waals surface area contributed by atoms with Gasteiger partial charge in [-0.1, -0.05) is 36.8 Å². The fourth-order valence-corrected chi connectivity index (χ4v) is 4.37. The predicted octanol–water partition coefficient (Wildman–Crippen LogP) is 2.46. The number of benzene rings is 1. The molecular formula is C22H30N4O3. The summed E-state index contributed by atoms with van der Waals surface area (Å²) in [6.45, 7) is 4.37. The van der Waals surface area contributed by atoms with Crippen molar-refractivity contribution in [2.24, 2.45) is 0 Å². The first-order valence-corrected chi connectivity index (χ1v) is 10.5. The third-order valence-corrected chi connectivity index (χ3v) is 6.00. The van der Waals surface area contributed by atoms with E-state index in [9.17, 15) is 9.59 Å². The Bertz CT molecular complexity index is 774. The number of hydrogen-bond donors (Lipinski definition) is 0. The number of carbonyl (C=O) groups is 2. The highest BCUT2D eigenvalue weighted by atomic mass is 16.6. The fourth-order valence-electron chi connectivity index (χ4n) is 4.37. The molecule has 1 saturated heterocycles. The molecule has 1 aromatic carbocycles. The summed E-state index contributed by atoms with van der Waals surface area (Å²) in [5.41, 5.74) is 2.88. The number of rotatable bonds is 4. The monoisotopic (exact) mass is 398 g/mol. The minimum absolute atomic E-state index is 0.0236. The van der Waals surface area contributed by atoms with E-state index in [-0.39, 0.29) is 12.0 Å². The van der Waals surface area contributed by atoms with Crippen LogP contribution in [0.1, 0.15) is 31.2 Å². The van der Waals surface area contributed by atoms with Crippen LogP contribution in [0.4, 0.5) is 4.79 Å². The average Bonchev–Trinajstić information content (AvgIpc) is 2.76. The molecule has 0 bridgehead atoms. The number of nitrogens with zero attached hydrogens (tertiary/aromatic N) is 4. The van der Waals surface area contributed by atoms with Crippen LogP contribution in [-0.2, 0) is 16.1 Å².